The van der Waals surface area contributed by atoms with Crippen molar-refractivity contribution in [1.82, 2.24) is 5.32 Å². The molecule has 4 heteroatoms. The van der Waals surface area contributed by atoms with Crippen molar-refractivity contribution in [2.45, 2.75) is 45.1 Å². The summed E-state index contributed by atoms with van der Waals surface area (Å²) >= 11 is 0. The molecule has 1 saturated carbocycles. The molecule has 0 aromatic carbocycles. The largest absolute Gasteiger partial charge is 0.396 e. The zero-order chi connectivity index (χ0) is 11.8. The van der Waals surface area contributed by atoms with Crippen LogP contribution in [0.2, 0.25) is 0 Å². The number of hydrogen-bond donors (Lipinski definition) is 2. The highest BCUT2D eigenvalue weighted by Gasteiger charge is 2.21. The van der Waals surface area contributed by atoms with Gasteiger partial charge >= 0.3 is 0 Å². The topological polar surface area (TPSA) is 58.6 Å². The van der Waals surface area contributed by atoms with E-state index in [0.717, 1.165) is 25.7 Å². The van der Waals surface area contributed by atoms with Gasteiger partial charge in [0.2, 0.25) is 5.91 Å². The van der Waals surface area contributed by atoms with E-state index in [9.17, 15) is 4.79 Å². The molecule has 1 rings (SSSR count). The number of amides is 1. The van der Waals surface area contributed by atoms with Crippen LogP contribution in [0, 0.1) is 5.92 Å². The van der Waals surface area contributed by atoms with E-state index in [0.29, 0.717) is 31.6 Å². The summed E-state index contributed by atoms with van der Waals surface area (Å²) in [6.45, 7) is 3.38. The molecule has 0 saturated heterocycles. The molecule has 1 fully saturated rings. The van der Waals surface area contributed by atoms with Crippen molar-refractivity contribution in [3.05, 3.63) is 0 Å². The number of hydrogen-bond acceptors (Lipinski definition) is 3. The molecule has 0 aromatic heterocycles. The van der Waals surface area contributed by atoms with Crippen molar-refractivity contribution < 1.29 is 14.6 Å². The average molecular weight is 229 g/mol. The smallest absolute Gasteiger partial charge is 0.222 e. The molecule has 2 N–H and O–H groups in total. The molecule has 0 aliphatic heterocycles. The monoisotopic (exact) mass is 229 g/mol. The minimum atomic E-state index is 0.0842. The maximum absolute atomic E-state index is 11.5. The quantitative estimate of drug-likeness (QED) is 0.670. The van der Waals surface area contributed by atoms with Crippen molar-refractivity contribution in [2.24, 2.45) is 5.92 Å². The zero-order valence-electron chi connectivity index (χ0n) is 10.1. The molecule has 0 aromatic rings. The van der Waals surface area contributed by atoms with Crippen molar-refractivity contribution in [1.29, 1.82) is 0 Å². The Kier molecular flexibility index (Phi) is 6.42. The Hall–Kier alpha value is -0.610. The van der Waals surface area contributed by atoms with Gasteiger partial charge in [-0.15, -0.1) is 0 Å². The van der Waals surface area contributed by atoms with Gasteiger partial charge in [0.15, 0.2) is 0 Å². The summed E-state index contributed by atoms with van der Waals surface area (Å²) in [4.78, 5) is 11.5. The van der Waals surface area contributed by atoms with E-state index >= 15 is 0 Å². The van der Waals surface area contributed by atoms with Gasteiger partial charge in [-0.1, -0.05) is 0 Å². The van der Waals surface area contributed by atoms with Gasteiger partial charge in [0, 0.05) is 25.7 Å². The van der Waals surface area contributed by atoms with E-state index in [-0.39, 0.29) is 12.5 Å². The summed E-state index contributed by atoms with van der Waals surface area (Å²) in [5.41, 5.74) is 0. The first kappa shape index (κ1) is 13.5. The number of aliphatic hydroxyl groups is 1. The van der Waals surface area contributed by atoms with Gasteiger partial charge in [-0.05, 0) is 38.5 Å². The summed E-state index contributed by atoms with van der Waals surface area (Å²) in [5.74, 6) is 0.525. The van der Waals surface area contributed by atoms with Gasteiger partial charge in [0.1, 0.15) is 0 Å². The lowest BCUT2D eigenvalue weighted by Crippen LogP contribution is -2.38. The third kappa shape index (κ3) is 4.94. The van der Waals surface area contributed by atoms with E-state index in [1.165, 1.54) is 0 Å². The van der Waals surface area contributed by atoms with Crippen LogP contribution in [0.4, 0.5) is 0 Å². The van der Waals surface area contributed by atoms with Crippen LogP contribution in [0.25, 0.3) is 0 Å². The SMILES string of the molecule is CCOCCC(=O)NC1CCC(CO)CC1. The minimum Gasteiger partial charge on any atom is -0.396 e. The molecule has 0 spiro atoms. The fourth-order valence-corrected chi connectivity index (χ4v) is 2.10. The van der Waals surface area contributed by atoms with Gasteiger partial charge < -0.3 is 15.2 Å². The van der Waals surface area contributed by atoms with Gasteiger partial charge in [0.05, 0.1) is 6.61 Å². The van der Waals surface area contributed by atoms with Crippen molar-refractivity contribution in [2.75, 3.05) is 19.8 Å². The summed E-state index contributed by atoms with van der Waals surface area (Å²) in [6, 6.07) is 0.303. The van der Waals surface area contributed by atoms with E-state index in [4.69, 9.17) is 9.84 Å². The first-order valence-corrected chi connectivity index (χ1v) is 6.24. The molecule has 0 bridgehead atoms. The summed E-state index contributed by atoms with van der Waals surface area (Å²) in [7, 11) is 0. The Bertz CT molecular complexity index is 200. The van der Waals surface area contributed by atoms with Crippen LogP contribution in [0.15, 0.2) is 0 Å². The van der Waals surface area contributed by atoms with Crippen LogP contribution < -0.4 is 5.32 Å². The molecule has 0 unspecified atom stereocenters. The van der Waals surface area contributed by atoms with Gasteiger partial charge in [0.25, 0.3) is 0 Å². The van der Waals surface area contributed by atoms with E-state index in [1.807, 2.05) is 6.92 Å². The van der Waals surface area contributed by atoms with Crippen LogP contribution in [-0.4, -0.2) is 36.9 Å². The normalized spacial score (nSPS) is 25.4. The lowest BCUT2D eigenvalue weighted by atomic mass is 9.86. The molecule has 4 nitrogen and oxygen atoms in total. The predicted molar refractivity (Wildman–Crippen MR) is 62.1 cm³/mol. The standard InChI is InChI=1S/C12H23NO3/c1-2-16-8-7-12(15)13-11-5-3-10(9-14)4-6-11/h10-11,14H,2-9H2,1H3,(H,13,15). The number of rotatable bonds is 6. The molecule has 16 heavy (non-hydrogen) atoms. The molecule has 94 valence electrons. The second-order valence-electron chi connectivity index (χ2n) is 4.41. The highest BCUT2D eigenvalue weighted by molar-refractivity contribution is 5.76. The number of nitrogens with one attached hydrogen (secondary N) is 1. The Balaban J connectivity index is 2.10. The highest BCUT2D eigenvalue weighted by Crippen LogP contribution is 2.23. The van der Waals surface area contributed by atoms with Crippen molar-refractivity contribution >= 4 is 5.91 Å². The first-order valence-electron chi connectivity index (χ1n) is 6.24. The van der Waals surface area contributed by atoms with Crippen LogP contribution >= 0.6 is 0 Å². The van der Waals surface area contributed by atoms with E-state index in [1.54, 1.807) is 0 Å². The summed E-state index contributed by atoms with van der Waals surface area (Å²) in [6.07, 6.45) is 4.48. The third-order valence-corrected chi connectivity index (χ3v) is 3.15. The Morgan fingerprint density at radius 2 is 2.06 bits per heavy atom. The molecule has 0 heterocycles. The Morgan fingerprint density at radius 1 is 1.38 bits per heavy atom. The maximum atomic E-state index is 11.5. The zero-order valence-corrected chi connectivity index (χ0v) is 10.1. The minimum absolute atomic E-state index is 0.0842. The molecular weight excluding hydrogens is 206 g/mol. The Labute approximate surface area is 97.4 Å². The second-order valence-corrected chi connectivity index (χ2v) is 4.41. The van der Waals surface area contributed by atoms with Gasteiger partial charge in [-0.3, -0.25) is 4.79 Å². The molecule has 0 radical (unpaired) electrons. The number of carbonyl (C=O) groups excluding carboxylic acids is 1. The maximum Gasteiger partial charge on any atom is 0.222 e. The predicted octanol–water partition coefficient (Wildman–Crippen LogP) is 1.08. The summed E-state index contributed by atoms with van der Waals surface area (Å²) < 4.78 is 5.13. The van der Waals surface area contributed by atoms with Crippen LogP contribution in [0.1, 0.15) is 39.0 Å². The second kappa shape index (κ2) is 7.63. The molecule has 1 amide bonds. The summed E-state index contributed by atoms with van der Waals surface area (Å²) in [5, 5.41) is 12.0. The van der Waals surface area contributed by atoms with Crippen molar-refractivity contribution in [3.8, 4) is 0 Å². The van der Waals surface area contributed by atoms with Crippen molar-refractivity contribution in [3.63, 3.8) is 0 Å². The number of aliphatic hydroxyl groups excluding tert-OH is 1. The van der Waals surface area contributed by atoms with E-state index < -0.39 is 0 Å². The van der Waals surface area contributed by atoms with Gasteiger partial charge in [-0.25, -0.2) is 0 Å². The third-order valence-electron chi connectivity index (χ3n) is 3.15. The molecular formula is C12H23NO3. The fourth-order valence-electron chi connectivity index (χ4n) is 2.10. The molecule has 0 atom stereocenters. The lowest BCUT2D eigenvalue weighted by molar-refractivity contribution is -0.123. The Morgan fingerprint density at radius 3 is 2.62 bits per heavy atom. The number of ether oxygens (including phenoxy) is 1. The first-order chi connectivity index (χ1) is 7.76. The fraction of sp³-hybridized carbons (Fsp3) is 0.917. The number of carbonyl (C=O) groups is 1. The van der Waals surface area contributed by atoms with E-state index in [2.05, 4.69) is 5.32 Å². The van der Waals surface area contributed by atoms with Crippen LogP contribution in [0.5, 0.6) is 0 Å². The molecule has 1 aliphatic rings. The molecule has 1 aliphatic carbocycles. The highest BCUT2D eigenvalue weighted by atomic mass is 16.5. The van der Waals surface area contributed by atoms with Crippen LogP contribution in [0.3, 0.4) is 0 Å². The lowest BCUT2D eigenvalue weighted by Gasteiger charge is -2.27. The van der Waals surface area contributed by atoms with Gasteiger partial charge in [-0.2, -0.15) is 0 Å². The van der Waals surface area contributed by atoms with Crippen LogP contribution in [-0.2, 0) is 9.53 Å². The average Bonchev–Trinajstić information content (AvgIpc) is 2.30.